The van der Waals surface area contributed by atoms with Crippen LogP contribution in [0.2, 0.25) is 0 Å². The van der Waals surface area contributed by atoms with Crippen LogP contribution in [0.15, 0.2) is 30.3 Å². The highest BCUT2D eigenvalue weighted by Gasteiger charge is 2.27. The lowest BCUT2D eigenvalue weighted by atomic mass is 10.0. The van der Waals surface area contributed by atoms with E-state index in [2.05, 4.69) is 0 Å². The highest BCUT2D eigenvalue weighted by molar-refractivity contribution is 5.19. The molecule has 13 heavy (non-hydrogen) atoms. The van der Waals surface area contributed by atoms with Gasteiger partial charge in [-0.15, -0.1) is 0 Å². The summed E-state index contributed by atoms with van der Waals surface area (Å²) in [5.74, 6) is -0.698. The van der Waals surface area contributed by atoms with E-state index >= 15 is 0 Å². The molecule has 1 aromatic carbocycles. The Bertz CT molecular complexity index is 289. The summed E-state index contributed by atoms with van der Waals surface area (Å²) in [5.41, 5.74) is 0.645. The fraction of sp³-hybridized carbons (Fsp3) is 0.333. The van der Waals surface area contributed by atoms with Gasteiger partial charge in [-0.2, -0.15) is 4.39 Å². The average Bonchev–Trinajstić information content (AvgIpc) is 2.17. The van der Waals surface area contributed by atoms with Gasteiger partial charge in [-0.3, -0.25) is 10.1 Å². The van der Waals surface area contributed by atoms with Gasteiger partial charge in [-0.05, 0) is 12.5 Å². The zero-order valence-electron chi connectivity index (χ0n) is 7.18. The van der Waals surface area contributed by atoms with Gasteiger partial charge in [0.15, 0.2) is 0 Å². The summed E-state index contributed by atoms with van der Waals surface area (Å²) in [6, 6.07) is 8.62. The van der Waals surface area contributed by atoms with Gasteiger partial charge < -0.3 is 0 Å². The number of hydrogen-bond acceptors (Lipinski definition) is 2. The van der Waals surface area contributed by atoms with Crippen LogP contribution < -0.4 is 0 Å². The lowest BCUT2D eigenvalue weighted by Gasteiger charge is -2.09. The summed E-state index contributed by atoms with van der Waals surface area (Å²) in [4.78, 5) is 9.24. The zero-order valence-corrected chi connectivity index (χ0v) is 7.18. The first-order valence-corrected chi connectivity index (χ1v) is 3.95. The first-order valence-electron chi connectivity index (χ1n) is 3.95. The van der Waals surface area contributed by atoms with E-state index < -0.39 is 17.1 Å². The minimum atomic E-state index is -2.03. The molecule has 3 nitrogen and oxygen atoms in total. The number of nitrogens with zero attached hydrogens (tertiary/aromatic N) is 1. The molecule has 0 saturated carbocycles. The molecular formula is C9H10FNO2. The Balaban J connectivity index is 2.79. The highest BCUT2D eigenvalue weighted by atomic mass is 19.1. The van der Waals surface area contributed by atoms with E-state index in [4.69, 9.17) is 0 Å². The van der Waals surface area contributed by atoms with Crippen molar-refractivity contribution < 1.29 is 9.31 Å². The number of nitro groups is 1. The largest absolute Gasteiger partial charge is 0.356 e. The molecule has 0 aliphatic heterocycles. The van der Waals surface area contributed by atoms with Crippen LogP contribution in [0.25, 0.3) is 0 Å². The molecule has 0 bridgehead atoms. The molecule has 2 unspecified atom stereocenters. The maximum absolute atomic E-state index is 12.9. The van der Waals surface area contributed by atoms with Crippen molar-refractivity contribution in [2.75, 3.05) is 0 Å². The van der Waals surface area contributed by atoms with Crippen molar-refractivity contribution in [3.05, 3.63) is 46.0 Å². The third-order valence-corrected chi connectivity index (χ3v) is 1.94. The average molecular weight is 183 g/mol. The number of alkyl halides is 1. The quantitative estimate of drug-likeness (QED) is 0.410. The van der Waals surface area contributed by atoms with Gasteiger partial charge in [0.25, 0.3) is 0 Å². The summed E-state index contributed by atoms with van der Waals surface area (Å²) >= 11 is 0. The normalized spacial score (nSPS) is 14.9. The van der Waals surface area contributed by atoms with Crippen molar-refractivity contribution >= 4 is 0 Å². The summed E-state index contributed by atoms with van der Waals surface area (Å²) in [7, 11) is 0. The van der Waals surface area contributed by atoms with Crippen LogP contribution in [0.1, 0.15) is 18.4 Å². The van der Waals surface area contributed by atoms with Gasteiger partial charge in [0.1, 0.15) is 0 Å². The molecule has 0 saturated heterocycles. The maximum Gasteiger partial charge on any atom is 0.356 e. The Morgan fingerprint density at radius 3 is 2.38 bits per heavy atom. The molecule has 0 radical (unpaired) electrons. The monoisotopic (exact) mass is 183 g/mol. The van der Waals surface area contributed by atoms with E-state index in [9.17, 15) is 14.5 Å². The molecule has 70 valence electrons. The molecule has 0 aromatic heterocycles. The molecule has 0 fully saturated rings. The zero-order chi connectivity index (χ0) is 9.84. The van der Waals surface area contributed by atoms with Gasteiger partial charge >= 0.3 is 6.30 Å². The third kappa shape index (κ3) is 2.24. The molecule has 2 atom stereocenters. The lowest BCUT2D eigenvalue weighted by Crippen LogP contribution is -2.20. The SMILES string of the molecule is CC(c1ccccc1)C(F)[N+](=O)[O-]. The summed E-state index contributed by atoms with van der Waals surface area (Å²) < 4.78 is 12.9. The second-order valence-electron chi connectivity index (χ2n) is 2.86. The predicted molar refractivity (Wildman–Crippen MR) is 46.7 cm³/mol. The minimum absolute atomic E-state index is 0.645. The third-order valence-electron chi connectivity index (χ3n) is 1.94. The molecular weight excluding hydrogens is 173 g/mol. The Hall–Kier alpha value is -1.45. The van der Waals surface area contributed by atoms with E-state index in [-0.39, 0.29) is 0 Å². The van der Waals surface area contributed by atoms with E-state index in [0.29, 0.717) is 5.56 Å². The Morgan fingerprint density at radius 1 is 1.38 bits per heavy atom. The Labute approximate surface area is 75.3 Å². The number of halogens is 1. The van der Waals surface area contributed by atoms with Crippen LogP contribution in [-0.2, 0) is 0 Å². The first-order chi connectivity index (χ1) is 6.13. The van der Waals surface area contributed by atoms with Gasteiger partial charge in [0.2, 0.25) is 0 Å². The van der Waals surface area contributed by atoms with Crippen molar-refractivity contribution in [1.29, 1.82) is 0 Å². The number of benzene rings is 1. The first kappa shape index (κ1) is 9.64. The summed E-state index contributed by atoms with van der Waals surface area (Å²) in [5, 5.41) is 10.1. The van der Waals surface area contributed by atoms with Crippen LogP contribution in [0.3, 0.4) is 0 Å². The Morgan fingerprint density at radius 2 is 1.92 bits per heavy atom. The van der Waals surface area contributed by atoms with Crippen LogP contribution in [0.4, 0.5) is 4.39 Å². The van der Waals surface area contributed by atoms with Crippen molar-refractivity contribution in [3.63, 3.8) is 0 Å². The summed E-state index contributed by atoms with van der Waals surface area (Å²) in [6.45, 7) is 1.50. The van der Waals surface area contributed by atoms with Crippen molar-refractivity contribution in [2.24, 2.45) is 0 Å². The molecule has 0 N–H and O–H groups in total. The topological polar surface area (TPSA) is 43.1 Å². The van der Waals surface area contributed by atoms with Gasteiger partial charge in [0, 0.05) is 0 Å². The smallest absolute Gasteiger partial charge is 0.262 e. The second kappa shape index (κ2) is 3.98. The molecule has 0 aliphatic rings. The van der Waals surface area contributed by atoms with Crippen LogP contribution in [0.5, 0.6) is 0 Å². The summed E-state index contributed by atoms with van der Waals surface area (Å²) in [6.07, 6.45) is -2.03. The van der Waals surface area contributed by atoms with Crippen LogP contribution in [0, 0.1) is 10.1 Å². The van der Waals surface area contributed by atoms with E-state index in [1.54, 1.807) is 30.3 Å². The molecule has 4 heteroatoms. The maximum atomic E-state index is 12.9. The fourth-order valence-corrected chi connectivity index (χ4v) is 1.10. The Kier molecular flexibility index (Phi) is 2.95. The van der Waals surface area contributed by atoms with E-state index in [0.717, 1.165) is 0 Å². The van der Waals surface area contributed by atoms with Crippen LogP contribution in [-0.4, -0.2) is 11.2 Å². The van der Waals surface area contributed by atoms with Crippen molar-refractivity contribution in [3.8, 4) is 0 Å². The molecule has 0 heterocycles. The minimum Gasteiger partial charge on any atom is -0.262 e. The second-order valence-corrected chi connectivity index (χ2v) is 2.86. The lowest BCUT2D eigenvalue weighted by molar-refractivity contribution is -0.557. The van der Waals surface area contributed by atoms with Crippen molar-refractivity contribution in [1.82, 2.24) is 0 Å². The fourth-order valence-electron chi connectivity index (χ4n) is 1.10. The standard InChI is InChI=1S/C9H10FNO2/c1-7(9(10)11(12)13)8-5-3-2-4-6-8/h2-7,9H,1H3. The van der Waals surface area contributed by atoms with Gasteiger partial charge in [-0.25, -0.2) is 0 Å². The van der Waals surface area contributed by atoms with Gasteiger partial charge in [0.05, 0.1) is 10.8 Å². The van der Waals surface area contributed by atoms with E-state index in [1.165, 1.54) is 6.92 Å². The highest BCUT2D eigenvalue weighted by Crippen LogP contribution is 2.21. The molecule has 1 aromatic rings. The van der Waals surface area contributed by atoms with Gasteiger partial charge in [-0.1, -0.05) is 30.3 Å². The molecule has 1 rings (SSSR count). The van der Waals surface area contributed by atoms with Crippen molar-refractivity contribution in [2.45, 2.75) is 19.1 Å². The predicted octanol–water partition coefficient (Wildman–Crippen LogP) is 2.36. The van der Waals surface area contributed by atoms with Crippen LogP contribution >= 0.6 is 0 Å². The number of hydrogen-bond donors (Lipinski definition) is 0. The molecule has 0 aliphatic carbocycles. The number of rotatable bonds is 3. The molecule has 0 spiro atoms. The van der Waals surface area contributed by atoms with E-state index in [1.807, 2.05) is 0 Å². The molecule has 0 amide bonds.